The second kappa shape index (κ2) is 8.70. The molecule has 1 fully saturated rings. The van der Waals surface area contributed by atoms with Gasteiger partial charge in [-0.25, -0.2) is 4.98 Å². The van der Waals surface area contributed by atoms with Crippen LogP contribution in [0, 0.1) is 10.1 Å². The number of anilines is 2. The Bertz CT molecular complexity index is 1330. The predicted octanol–water partition coefficient (Wildman–Crippen LogP) is 5.04. The summed E-state index contributed by atoms with van der Waals surface area (Å²) >= 11 is 0. The van der Waals surface area contributed by atoms with Crippen molar-refractivity contribution in [3.8, 4) is 11.5 Å². The zero-order valence-electron chi connectivity index (χ0n) is 17.7. The van der Waals surface area contributed by atoms with Crippen LogP contribution in [0.2, 0.25) is 0 Å². The Labute approximate surface area is 189 Å². The summed E-state index contributed by atoms with van der Waals surface area (Å²) in [6.45, 7) is 1.57. The van der Waals surface area contributed by atoms with Crippen molar-refractivity contribution >= 4 is 34.1 Å². The Morgan fingerprint density at radius 2 is 1.82 bits per heavy atom. The van der Waals surface area contributed by atoms with Crippen LogP contribution in [0.25, 0.3) is 22.6 Å². The van der Waals surface area contributed by atoms with Gasteiger partial charge in [-0.1, -0.05) is 0 Å². The second-order valence-corrected chi connectivity index (χ2v) is 7.90. The van der Waals surface area contributed by atoms with Gasteiger partial charge in [-0.2, -0.15) is 0 Å². The summed E-state index contributed by atoms with van der Waals surface area (Å²) < 4.78 is 5.78. The van der Waals surface area contributed by atoms with Gasteiger partial charge in [0, 0.05) is 48.4 Å². The molecule has 0 saturated carbocycles. The first kappa shape index (κ1) is 20.6. The molecular formula is C24H21N5O4. The number of pyridine rings is 1. The van der Waals surface area contributed by atoms with Gasteiger partial charge in [-0.3, -0.25) is 19.9 Å². The van der Waals surface area contributed by atoms with E-state index >= 15 is 0 Å². The maximum atomic E-state index is 12.8. The number of hydrogen-bond donors (Lipinski definition) is 1. The van der Waals surface area contributed by atoms with Gasteiger partial charge in [0.2, 0.25) is 5.89 Å². The third-order valence-electron chi connectivity index (χ3n) is 5.70. The number of fused-ring (bicyclic) bond motifs is 1. The molecule has 3 heterocycles. The Morgan fingerprint density at radius 3 is 2.58 bits per heavy atom. The highest BCUT2D eigenvalue weighted by Crippen LogP contribution is 2.32. The maximum absolute atomic E-state index is 12.8. The summed E-state index contributed by atoms with van der Waals surface area (Å²) in [4.78, 5) is 34.6. The van der Waals surface area contributed by atoms with Crippen LogP contribution < -0.4 is 10.2 Å². The molecule has 1 aliphatic rings. The van der Waals surface area contributed by atoms with Crippen molar-refractivity contribution in [3.05, 3.63) is 76.6 Å². The highest BCUT2D eigenvalue weighted by Gasteiger charge is 2.23. The Hall–Kier alpha value is -4.27. The van der Waals surface area contributed by atoms with Crippen LogP contribution in [0.4, 0.5) is 17.1 Å². The third kappa shape index (κ3) is 4.25. The normalized spacial score (nSPS) is 13.8. The number of oxazole rings is 1. The number of rotatable bonds is 5. The predicted molar refractivity (Wildman–Crippen MR) is 124 cm³/mol. The van der Waals surface area contributed by atoms with Gasteiger partial charge in [0.1, 0.15) is 11.2 Å². The highest BCUT2D eigenvalue weighted by atomic mass is 16.6. The Morgan fingerprint density at radius 1 is 1.03 bits per heavy atom. The number of benzene rings is 2. The Balaban J connectivity index is 1.38. The lowest BCUT2D eigenvalue weighted by atomic mass is 10.1. The van der Waals surface area contributed by atoms with Crippen molar-refractivity contribution in [3.63, 3.8) is 0 Å². The average molecular weight is 443 g/mol. The van der Waals surface area contributed by atoms with Crippen LogP contribution in [-0.2, 0) is 0 Å². The lowest BCUT2D eigenvalue weighted by Gasteiger charge is -2.28. The molecule has 1 N–H and O–H groups in total. The number of nitrogens with zero attached hydrogens (tertiary/aromatic N) is 4. The van der Waals surface area contributed by atoms with Crippen LogP contribution >= 0.6 is 0 Å². The largest absolute Gasteiger partial charge is 0.436 e. The number of carbonyl (C=O) groups is 1. The summed E-state index contributed by atoms with van der Waals surface area (Å²) in [6.07, 6.45) is 6.46. The van der Waals surface area contributed by atoms with Gasteiger partial charge in [-0.05, 0) is 61.7 Å². The maximum Gasteiger partial charge on any atom is 0.293 e. The van der Waals surface area contributed by atoms with Gasteiger partial charge in [0.25, 0.3) is 11.6 Å². The van der Waals surface area contributed by atoms with Crippen LogP contribution in [0.5, 0.6) is 0 Å². The van der Waals surface area contributed by atoms with Crippen LogP contribution in [-0.4, -0.2) is 33.9 Å². The number of aromatic nitrogens is 2. The molecule has 4 aromatic rings. The van der Waals surface area contributed by atoms with Crippen LogP contribution in [0.15, 0.2) is 65.3 Å². The average Bonchev–Trinajstić information content (AvgIpc) is 3.28. The quantitative estimate of drug-likeness (QED) is 0.339. The molecule has 1 saturated heterocycles. The zero-order chi connectivity index (χ0) is 22.8. The number of hydrogen-bond acceptors (Lipinski definition) is 7. The molecular weight excluding hydrogens is 422 g/mol. The lowest BCUT2D eigenvalue weighted by Crippen LogP contribution is -2.30. The topological polar surface area (TPSA) is 114 Å². The van der Waals surface area contributed by atoms with Crippen LogP contribution in [0.3, 0.4) is 0 Å². The van der Waals surface area contributed by atoms with E-state index < -0.39 is 10.8 Å². The SMILES string of the molecule is O=C(Nc1ccc2oc(-c3ccncc3)nc2c1)c1ccc(N2CCCCC2)c([N+](=O)[O-])c1. The number of nitro groups is 1. The van der Waals surface area contributed by atoms with Gasteiger partial charge in [0.05, 0.1) is 4.92 Å². The number of nitro benzene ring substituents is 1. The van der Waals surface area contributed by atoms with Crippen molar-refractivity contribution in [2.75, 3.05) is 23.3 Å². The fraction of sp³-hybridized carbons (Fsp3) is 0.208. The molecule has 0 unspecified atom stereocenters. The van der Waals surface area contributed by atoms with E-state index in [1.165, 1.54) is 6.07 Å². The molecule has 1 aliphatic heterocycles. The third-order valence-corrected chi connectivity index (χ3v) is 5.70. The van der Waals surface area contributed by atoms with E-state index in [0.29, 0.717) is 28.4 Å². The molecule has 1 amide bonds. The van der Waals surface area contributed by atoms with Gasteiger partial charge >= 0.3 is 0 Å². The van der Waals surface area contributed by atoms with E-state index in [0.717, 1.165) is 37.9 Å². The molecule has 5 rings (SSSR count). The minimum absolute atomic E-state index is 0.0569. The number of carbonyl (C=O) groups excluding carboxylic acids is 1. The van der Waals surface area contributed by atoms with Crippen molar-refractivity contribution in [1.82, 2.24) is 9.97 Å². The number of piperidine rings is 1. The van der Waals surface area contributed by atoms with Gasteiger partial charge < -0.3 is 14.6 Å². The standard InChI is InChI=1S/C24H21N5O4/c30-23(17-4-6-20(21(14-17)29(31)32)28-12-2-1-3-13-28)26-18-5-7-22-19(15-18)27-24(33-22)16-8-10-25-11-9-16/h4-11,14-15H,1-3,12-13H2,(H,26,30). The number of nitrogens with one attached hydrogen (secondary N) is 1. The molecule has 9 heteroatoms. The molecule has 166 valence electrons. The minimum atomic E-state index is -0.430. The first-order valence-corrected chi connectivity index (χ1v) is 10.7. The minimum Gasteiger partial charge on any atom is -0.436 e. The molecule has 0 spiro atoms. The molecule has 0 aliphatic carbocycles. The molecule has 2 aromatic heterocycles. The first-order valence-electron chi connectivity index (χ1n) is 10.7. The molecule has 0 atom stereocenters. The van der Waals surface area contributed by atoms with Crippen molar-refractivity contribution < 1.29 is 14.1 Å². The van der Waals surface area contributed by atoms with E-state index in [4.69, 9.17) is 4.42 Å². The molecule has 0 radical (unpaired) electrons. The van der Waals surface area contributed by atoms with Crippen molar-refractivity contribution in [2.45, 2.75) is 19.3 Å². The van der Waals surface area contributed by atoms with Crippen LogP contribution in [0.1, 0.15) is 29.6 Å². The lowest BCUT2D eigenvalue weighted by molar-refractivity contribution is -0.384. The summed E-state index contributed by atoms with van der Waals surface area (Å²) in [5, 5.41) is 14.5. The first-order chi connectivity index (χ1) is 16.1. The Kier molecular flexibility index (Phi) is 5.43. The van der Waals surface area contributed by atoms with Gasteiger partial charge in [-0.15, -0.1) is 0 Å². The van der Waals surface area contributed by atoms with E-state index in [-0.39, 0.29) is 11.3 Å². The van der Waals surface area contributed by atoms with Gasteiger partial charge in [0.15, 0.2) is 5.58 Å². The van der Waals surface area contributed by atoms with E-state index in [2.05, 4.69) is 15.3 Å². The summed E-state index contributed by atoms with van der Waals surface area (Å²) in [6, 6.07) is 13.4. The smallest absolute Gasteiger partial charge is 0.293 e. The summed E-state index contributed by atoms with van der Waals surface area (Å²) in [5.74, 6) is 0.0281. The molecule has 2 aromatic carbocycles. The summed E-state index contributed by atoms with van der Waals surface area (Å²) in [5.41, 5.74) is 3.22. The monoisotopic (exact) mass is 443 g/mol. The zero-order valence-corrected chi connectivity index (χ0v) is 17.7. The van der Waals surface area contributed by atoms with Crippen molar-refractivity contribution in [1.29, 1.82) is 0 Å². The van der Waals surface area contributed by atoms with E-state index in [1.54, 1.807) is 54.9 Å². The fourth-order valence-corrected chi connectivity index (χ4v) is 4.04. The van der Waals surface area contributed by atoms with Crippen molar-refractivity contribution in [2.24, 2.45) is 0 Å². The second-order valence-electron chi connectivity index (χ2n) is 7.90. The van der Waals surface area contributed by atoms with E-state index in [1.807, 2.05) is 4.90 Å². The summed E-state index contributed by atoms with van der Waals surface area (Å²) in [7, 11) is 0. The highest BCUT2D eigenvalue weighted by molar-refractivity contribution is 6.05. The molecule has 9 nitrogen and oxygen atoms in total. The molecule has 0 bridgehead atoms. The fourth-order valence-electron chi connectivity index (χ4n) is 4.04. The van der Waals surface area contributed by atoms with E-state index in [9.17, 15) is 14.9 Å². The molecule has 33 heavy (non-hydrogen) atoms. The number of amides is 1.